The van der Waals surface area contributed by atoms with E-state index in [9.17, 15) is 5.11 Å². The SMILES string of the molecule is CC(C)N(Cc1ccc(O)cc1)c1ncccn1. The summed E-state index contributed by atoms with van der Waals surface area (Å²) in [6.45, 7) is 4.94. The fraction of sp³-hybridized carbons (Fsp3) is 0.286. The van der Waals surface area contributed by atoms with Gasteiger partial charge in [-0.1, -0.05) is 12.1 Å². The molecule has 0 bridgehead atoms. The van der Waals surface area contributed by atoms with Crippen LogP contribution in [-0.2, 0) is 6.54 Å². The van der Waals surface area contributed by atoms with E-state index in [2.05, 4.69) is 28.7 Å². The number of phenols is 1. The molecule has 0 saturated heterocycles. The lowest BCUT2D eigenvalue weighted by molar-refractivity contribution is 0.475. The molecular weight excluding hydrogens is 226 g/mol. The van der Waals surface area contributed by atoms with Gasteiger partial charge in [0, 0.05) is 25.0 Å². The number of aromatic hydroxyl groups is 1. The van der Waals surface area contributed by atoms with Crippen LogP contribution in [0.5, 0.6) is 5.75 Å². The average molecular weight is 243 g/mol. The van der Waals surface area contributed by atoms with Gasteiger partial charge in [0.05, 0.1) is 0 Å². The summed E-state index contributed by atoms with van der Waals surface area (Å²) in [4.78, 5) is 10.7. The van der Waals surface area contributed by atoms with Crippen LogP contribution in [0.2, 0.25) is 0 Å². The Labute approximate surface area is 107 Å². The monoisotopic (exact) mass is 243 g/mol. The van der Waals surface area contributed by atoms with Gasteiger partial charge in [0.25, 0.3) is 0 Å². The van der Waals surface area contributed by atoms with E-state index in [0.717, 1.165) is 18.1 Å². The van der Waals surface area contributed by atoms with Gasteiger partial charge in [-0.3, -0.25) is 0 Å². The molecule has 0 radical (unpaired) electrons. The summed E-state index contributed by atoms with van der Waals surface area (Å²) >= 11 is 0. The summed E-state index contributed by atoms with van der Waals surface area (Å²) in [6.07, 6.45) is 3.49. The minimum Gasteiger partial charge on any atom is -0.508 e. The molecule has 0 amide bonds. The van der Waals surface area contributed by atoms with Gasteiger partial charge in [0.1, 0.15) is 5.75 Å². The van der Waals surface area contributed by atoms with Crippen LogP contribution in [-0.4, -0.2) is 21.1 Å². The van der Waals surface area contributed by atoms with Gasteiger partial charge in [0.2, 0.25) is 5.95 Å². The van der Waals surface area contributed by atoms with Crippen molar-refractivity contribution in [2.75, 3.05) is 4.90 Å². The number of hydrogen-bond acceptors (Lipinski definition) is 4. The minimum absolute atomic E-state index is 0.283. The molecule has 1 aromatic carbocycles. The van der Waals surface area contributed by atoms with Crippen molar-refractivity contribution in [3.05, 3.63) is 48.3 Å². The van der Waals surface area contributed by atoms with Crippen LogP contribution in [0.15, 0.2) is 42.7 Å². The predicted molar refractivity (Wildman–Crippen MR) is 71.5 cm³/mol. The molecule has 0 spiro atoms. The molecule has 2 aromatic rings. The Hall–Kier alpha value is -2.10. The van der Waals surface area contributed by atoms with Gasteiger partial charge in [-0.05, 0) is 37.6 Å². The molecule has 4 heteroatoms. The first-order valence-electron chi connectivity index (χ1n) is 5.98. The standard InChI is InChI=1S/C14H17N3O/c1-11(2)17(14-15-8-3-9-16-14)10-12-4-6-13(18)7-5-12/h3-9,11,18H,10H2,1-2H3. The maximum atomic E-state index is 9.28. The van der Waals surface area contributed by atoms with Crippen molar-refractivity contribution in [3.8, 4) is 5.75 Å². The first-order valence-corrected chi connectivity index (χ1v) is 5.98. The lowest BCUT2D eigenvalue weighted by atomic mass is 10.2. The Balaban J connectivity index is 2.19. The van der Waals surface area contributed by atoms with Crippen LogP contribution in [0.1, 0.15) is 19.4 Å². The second-order valence-corrected chi connectivity index (χ2v) is 4.44. The quantitative estimate of drug-likeness (QED) is 0.896. The summed E-state index contributed by atoms with van der Waals surface area (Å²) in [6, 6.07) is 9.32. The van der Waals surface area contributed by atoms with E-state index in [1.54, 1.807) is 24.5 Å². The molecule has 0 unspecified atom stereocenters. The van der Waals surface area contributed by atoms with E-state index in [1.807, 2.05) is 18.2 Å². The normalized spacial score (nSPS) is 10.6. The largest absolute Gasteiger partial charge is 0.508 e. The zero-order valence-electron chi connectivity index (χ0n) is 10.6. The molecule has 0 fully saturated rings. The molecule has 94 valence electrons. The maximum Gasteiger partial charge on any atom is 0.225 e. The van der Waals surface area contributed by atoms with Crippen LogP contribution in [0.3, 0.4) is 0 Å². The summed E-state index contributed by atoms with van der Waals surface area (Å²) in [5.41, 5.74) is 1.12. The maximum absolute atomic E-state index is 9.28. The molecule has 1 aromatic heterocycles. The predicted octanol–water partition coefficient (Wildman–Crippen LogP) is 2.60. The van der Waals surface area contributed by atoms with Crippen molar-refractivity contribution >= 4 is 5.95 Å². The lowest BCUT2D eigenvalue weighted by Crippen LogP contribution is -2.31. The highest BCUT2D eigenvalue weighted by Gasteiger charge is 2.13. The third kappa shape index (κ3) is 2.97. The van der Waals surface area contributed by atoms with Gasteiger partial charge < -0.3 is 10.0 Å². The molecule has 1 heterocycles. The molecule has 1 N–H and O–H groups in total. The van der Waals surface area contributed by atoms with Crippen LogP contribution < -0.4 is 4.90 Å². The molecule has 0 aliphatic carbocycles. The number of aromatic nitrogens is 2. The second kappa shape index (κ2) is 5.49. The van der Waals surface area contributed by atoms with E-state index < -0.39 is 0 Å². The van der Waals surface area contributed by atoms with Gasteiger partial charge in [-0.2, -0.15) is 0 Å². The Kier molecular flexibility index (Phi) is 3.77. The van der Waals surface area contributed by atoms with Crippen LogP contribution in [0, 0.1) is 0 Å². The fourth-order valence-corrected chi connectivity index (χ4v) is 1.72. The highest BCUT2D eigenvalue weighted by molar-refractivity contribution is 5.34. The molecule has 18 heavy (non-hydrogen) atoms. The lowest BCUT2D eigenvalue weighted by Gasteiger charge is -2.26. The molecule has 2 rings (SSSR count). The van der Waals surface area contributed by atoms with E-state index in [4.69, 9.17) is 0 Å². The summed E-state index contributed by atoms with van der Waals surface area (Å²) in [5, 5.41) is 9.28. The van der Waals surface area contributed by atoms with E-state index >= 15 is 0 Å². The topological polar surface area (TPSA) is 49.2 Å². The van der Waals surface area contributed by atoms with Gasteiger partial charge in [-0.25, -0.2) is 9.97 Å². The number of phenolic OH excluding ortho intramolecular Hbond substituents is 1. The van der Waals surface area contributed by atoms with Crippen molar-refractivity contribution in [2.45, 2.75) is 26.4 Å². The van der Waals surface area contributed by atoms with E-state index in [0.29, 0.717) is 6.04 Å². The van der Waals surface area contributed by atoms with Crippen LogP contribution in [0.4, 0.5) is 5.95 Å². The Morgan fingerprint density at radius 2 is 1.72 bits per heavy atom. The Bertz CT molecular complexity index is 482. The number of hydrogen-bond donors (Lipinski definition) is 1. The van der Waals surface area contributed by atoms with Crippen LogP contribution >= 0.6 is 0 Å². The zero-order valence-corrected chi connectivity index (χ0v) is 10.6. The van der Waals surface area contributed by atoms with Crippen LogP contribution in [0.25, 0.3) is 0 Å². The Morgan fingerprint density at radius 3 is 2.28 bits per heavy atom. The second-order valence-electron chi connectivity index (χ2n) is 4.44. The van der Waals surface area contributed by atoms with Gasteiger partial charge in [-0.15, -0.1) is 0 Å². The number of nitrogens with zero attached hydrogens (tertiary/aromatic N) is 3. The van der Waals surface area contributed by atoms with Crippen molar-refractivity contribution in [1.29, 1.82) is 0 Å². The highest BCUT2D eigenvalue weighted by Crippen LogP contribution is 2.16. The first kappa shape index (κ1) is 12.4. The van der Waals surface area contributed by atoms with Crippen molar-refractivity contribution in [1.82, 2.24) is 9.97 Å². The number of anilines is 1. The molecule has 4 nitrogen and oxygen atoms in total. The third-order valence-corrected chi connectivity index (χ3v) is 2.72. The molecule has 0 aliphatic rings. The van der Waals surface area contributed by atoms with Gasteiger partial charge in [0.15, 0.2) is 0 Å². The highest BCUT2D eigenvalue weighted by atomic mass is 16.3. The fourth-order valence-electron chi connectivity index (χ4n) is 1.72. The number of benzene rings is 1. The summed E-state index contributed by atoms with van der Waals surface area (Å²) in [5.74, 6) is 1.01. The third-order valence-electron chi connectivity index (χ3n) is 2.72. The molecule has 0 saturated carbocycles. The first-order chi connectivity index (χ1) is 8.66. The summed E-state index contributed by atoms with van der Waals surface area (Å²) in [7, 11) is 0. The van der Waals surface area contributed by atoms with Gasteiger partial charge >= 0.3 is 0 Å². The minimum atomic E-state index is 0.283. The van der Waals surface area contributed by atoms with Crippen molar-refractivity contribution < 1.29 is 5.11 Å². The molecular formula is C14H17N3O. The van der Waals surface area contributed by atoms with Crippen molar-refractivity contribution in [3.63, 3.8) is 0 Å². The number of rotatable bonds is 4. The van der Waals surface area contributed by atoms with E-state index in [1.165, 1.54) is 0 Å². The average Bonchev–Trinajstić information content (AvgIpc) is 2.38. The smallest absolute Gasteiger partial charge is 0.225 e. The van der Waals surface area contributed by atoms with Crippen molar-refractivity contribution in [2.24, 2.45) is 0 Å². The molecule has 0 aliphatic heterocycles. The Morgan fingerprint density at radius 1 is 1.11 bits per heavy atom. The molecule has 0 atom stereocenters. The summed E-state index contributed by atoms with van der Waals surface area (Å²) < 4.78 is 0. The van der Waals surface area contributed by atoms with E-state index in [-0.39, 0.29) is 5.75 Å². The zero-order chi connectivity index (χ0) is 13.0.